The van der Waals surface area contributed by atoms with Crippen molar-refractivity contribution >= 4 is 28.9 Å². The third kappa shape index (κ3) is 4.68. The van der Waals surface area contributed by atoms with E-state index in [0.29, 0.717) is 6.54 Å². The summed E-state index contributed by atoms with van der Waals surface area (Å²) in [6, 6.07) is 8.33. The SMILES string of the molecule is CCc1cccc(NC(=S)N2CCN(CC(=O)NC)CC2)c1. The molecule has 0 aliphatic carbocycles. The molecule has 0 aromatic heterocycles. The average molecular weight is 320 g/mol. The highest BCUT2D eigenvalue weighted by Gasteiger charge is 2.20. The number of thiocarbonyl (C=S) groups is 1. The van der Waals surface area contributed by atoms with Crippen LogP contribution >= 0.6 is 12.2 Å². The van der Waals surface area contributed by atoms with E-state index in [0.717, 1.165) is 43.4 Å². The van der Waals surface area contributed by atoms with Crippen LogP contribution in [0.4, 0.5) is 5.69 Å². The normalized spacial score (nSPS) is 15.5. The van der Waals surface area contributed by atoms with E-state index in [1.807, 2.05) is 12.1 Å². The lowest BCUT2D eigenvalue weighted by atomic mass is 10.1. The number of hydrogen-bond acceptors (Lipinski definition) is 3. The maximum atomic E-state index is 11.4. The van der Waals surface area contributed by atoms with Gasteiger partial charge >= 0.3 is 0 Å². The van der Waals surface area contributed by atoms with Crippen molar-refractivity contribution in [2.24, 2.45) is 0 Å². The van der Waals surface area contributed by atoms with Gasteiger partial charge < -0.3 is 15.5 Å². The molecule has 1 fully saturated rings. The minimum absolute atomic E-state index is 0.0607. The molecule has 0 saturated carbocycles. The van der Waals surface area contributed by atoms with Gasteiger partial charge in [-0.25, -0.2) is 0 Å². The Morgan fingerprint density at radius 2 is 2.00 bits per heavy atom. The standard InChI is InChI=1S/C16H24N4OS/c1-3-13-5-4-6-14(11-13)18-16(22)20-9-7-19(8-10-20)12-15(21)17-2/h4-6,11H,3,7-10,12H2,1-2H3,(H,17,21)(H,18,22). The van der Waals surface area contributed by atoms with Gasteiger partial charge in [0, 0.05) is 38.9 Å². The van der Waals surface area contributed by atoms with Gasteiger partial charge in [-0.05, 0) is 36.3 Å². The second-order valence-electron chi connectivity index (χ2n) is 5.42. The van der Waals surface area contributed by atoms with E-state index in [1.165, 1.54) is 5.56 Å². The van der Waals surface area contributed by atoms with Crippen LogP contribution in [-0.2, 0) is 11.2 Å². The number of carbonyl (C=O) groups is 1. The van der Waals surface area contributed by atoms with E-state index in [1.54, 1.807) is 7.05 Å². The molecule has 22 heavy (non-hydrogen) atoms. The lowest BCUT2D eigenvalue weighted by Crippen LogP contribution is -2.51. The Labute approximate surface area is 137 Å². The smallest absolute Gasteiger partial charge is 0.233 e. The van der Waals surface area contributed by atoms with Crippen LogP contribution in [0, 0.1) is 0 Å². The molecule has 0 spiro atoms. The number of aryl methyl sites for hydroxylation is 1. The first-order valence-electron chi connectivity index (χ1n) is 7.70. The third-order valence-electron chi connectivity index (χ3n) is 3.89. The predicted molar refractivity (Wildman–Crippen MR) is 94.1 cm³/mol. The molecular weight excluding hydrogens is 296 g/mol. The number of nitrogens with zero attached hydrogens (tertiary/aromatic N) is 2. The Bertz CT molecular complexity index is 527. The molecule has 1 amide bonds. The zero-order valence-corrected chi connectivity index (χ0v) is 14.1. The molecule has 0 unspecified atom stereocenters. The second-order valence-corrected chi connectivity index (χ2v) is 5.81. The number of likely N-dealkylation sites (N-methyl/N-ethyl adjacent to an activating group) is 1. The van der Waals surface area contributed by atoms with Gasteiger partial charge in [0.2, 0.25) is 5.91 Å². The Balaban J connectivity index is 1.83. The molecule has 0 radical (unpaired) electrons. The summed E-state index contributed by atoms with van der Waals surface area (Å²) in [4.78, 5) is 15.7. The van der Waals surface area contributed by atoms with Crippen molar-refractivity contribution in [3.8, 4) is 0 Å². The molecule has 2 N–H and O–H groups in total. The summed E-state index contributed by atoms with van der Waals surface area (Å²) in [6.45, 7) is 5.99. The number of anilines is 1. The van der Waals surface area contributed by atoms with Crippen LogP contribution in [0.3, 0.4) is 0 Å². The number of benzene rings is 1. The summed E-state index contributed by atoms with van der Waals surface area (Å²) in [6.07, 6.45) is 1.01. The molecule has 0 atom stereocenters. The zero-order valence-electron chi connectivity index (χ0n) is 13.3. The molecule has 0 bridgehead atoms. The summed E-state index contributed by atoms with van der Waals surface area (Å²) in [7, 11) is 1.67. The van der Waals surface area contributed by atoms with E-state index >= 15 is 0 Å². The van der Waals surface area contributed by atoms with E-state index in [2.05, 4.69) is 39.5 Å². The number of nitrogens with one attached hydrogen (secondary N) is 2. The Kier molecular flexibility index (Phi) is 6.15. The summed E-state index contributed by atoms with van der Waals surface area (Å²) in [5, 5.41) is 6.73. The van der Waals surface area contributed by atoms with Crippen LogP contribution < -0.4 is 10.6 Å². The number of piperazine rings is 1. The monoisotopic (exact) mass is 320 g/mol. The highest BCUT2D eigenvalue weighted by molar-refractivity contribution is 7.80. The first-order chi connectivity index (χ1) is 10.6. The Hall–Kier alpha value is -1.66. The number of carbonyl (C=O) groups excluding carboxylic acids is 1. The van der Waals surface area contributed by atoms with Crippen molar-refractivity contribution in [2.45, 2.75) is 13.3 Å². The predicted octanol–water partition coefficient (Wildman–Crippen LogP) is 1.31. The van der Waals surface area contributed by atoms with Crippen molar-refractivity contribution in [1.82, 2.24) is 15.1 Å². The minimum Gasteiger partial charge on any atom is -0.358 e. The average Bonchev–Trinajstić information content (AvgIpc) is 2.55. The maximum absolute atomic E-state index is 11.4. The molecular formula is C16H24N4OS. The zero-order chi connectivity index (χ0) is 15.9. The summed E-state index contributed by atoms with van der Waals surface area (Å²) >= 11 is 5.50. The Morgan fingerprint density at radius 3 is 2.64 bits per heavy atom. The fourth-order valence-electron chi connectivity index (χ4n) is 2.46. The maximum Gasteiger partial charge on any atom is 0.233 e. The minimum atomic E-state index is 0.0607. The topological polar surface area (TPSA) is 47.6 Å². The van der Waals surface area contributed by atoms with Crippen molar-refractivity contribution in [1.29, 1.82) is 0 Å². The molecule has 2 rings (SSSR count). The molecule has 1 aliphatic heterocycles. The molecule has 1 aromatic carbocycles. The van der Waals surface area contributed by atoms with Gasteiger partial charge in [0.1, 0.15) is 0 Å². The van der Waals surface area contributed by atoms with Crippen molar-refractivity contribution < 1.29 is 4.79 Å². The molecule has 6 heteroatoms. The number of rotatable bonds is 4. The Morgan fingerprint density at radius 1 is 1.27 bits per heavy atom. The highest BCUT2D eigenvalue weighted by atomic mass is 32.1. The summed E-state index contributed by atoms with van der Waals surface area (Å²) < 4.78 is 0. The second kappa shape index (κ2) is 8.10. The van der Waals surface area contributed by atoms with E-state index < -0.39 is 0 Å². The van der Waals surface area contributed by atoms with Crippen molar-refractivity contribution in [2.75, 3.05) is 45.1 Å². The molecule has 1 heterocycles. The molecule has 120 valence electrons. The largest absolute Gasteiger partial charge is 0.358 e. The van der Waals surface area contributed by atoms with Crippen LogP contribution in [0.5, 0.6) is 0 Å². The number of amides is 1. The van der Waals surface area contributed by atoms with Crippen LogP contribution in [0.25, 0.3) is 0 Å². The fourth-order valence-corrected chi connectivity index (χ4v) is 2.76. The van der Waals surface area contributed by atoms with Gasteiger partial charge in [-0.2, -0.15) is 0 Å². The van der Waals surface area contributed by atoms with E-state index in [9.17, 15) is 4.79 Å². The van der Waals surface area contributed by atoms with Crippen LogP contribution in [0.2, 0.25) is 0 Å². The van der Waals surface area contributed by atoms with Gasteiger partial charge in [-0.15, -0.1) is 0 Å². The lowest BCUT2D eigenvalue weighted by Gasteiger charge is -2.35. The quantitative estimate of drug-likeness (QED) is 0.819. The first-order valence-corrected chi connectivity index (χ1v) is 8.11. The van der Waals surface area contributed by atoms with Crippen LogP contribution in [-0.4, -0.2) is 60.6 Å². The van der Waals surface area contributed by atoms with E-state index in [4.69, 9.17) is 12.2 Å². The van der Waals surface area contributed by atoms with Crippen LogP contribution in [0.1, 0.15) is 12.5 Å². The fraction of sp³-hybridized carbons (Fsp3) is 0.500. The van der Waals surface area contributed by atoms with Gasteiger partial charge in [-0.3, -0.25) is 9.69 Å². The van der Waals surface area contributed by atoms with Crippen molar-refractivity contribution in [3.63, 3.8) is 0 Å². The highest BCUT2D eigenvalue weighted by Crippen LogP contribution is 2.13. The first kappa shape index (κ1) is 16.7. The van der Waals surface area contributed by atoms with Gasteiger partial charge in [0.25, 0.3) is 0 Å². The molecule has 1 aliphatic rings. The molecule has 1 aromatic rings. The third-order valence-corrected chi connectivity index (χ3v) is 4.25. The van der Waals surface area contributed by atoms with Gasteiger partial charge in [-0.1, -0.05) is 19.1 Å². The van der Waals surface area contributed by atoms with Crippen LogP contribution in [0.15, 0.2) is 24.3 Å². The van der Waals surface area contributed by atoms with E-state index in [-0.39, 0.29) is 5.91 Å². The number of hydrogen-bond donors (Lipinski definition) is 2. The molecule has 1 saturated heterocycles. The van der Waals surface area contributed by atoms with Gasteiger partial charge in [0.15, 0.2) is 5.11 Å². The van der Waals surface area contributed by atoms with Gasteiger partial charge in [0.05, 0.1) is 6.54 Å². The summed E-state index contributed by atoms with van der Waals surface area (Å²) in [5.74, 6) is 0.0607. The van der Waals surface area contributed by atoms with Crippen molar-refractivity contribution in [3.05, 3.63) is 29.8 Å². The molecule has 5 nitrogen and oxygen atoms in total. The summed E-state index contributed by atoms with van der Waals surface area (Å²) in [5.41, 5.74) is 2.33. The lowest BCUT2D eigenvalue weighted by molar-refractivity contribution is -0.122.